The van der Waals surface area contributed by atoms with Crippen LogP contribution in [0.4, 0.5) is 0 Å². The Labute approximate surface area is 106 Å². The molecule has 0 bridgehead atoms. The zero-order chi connectivity index (χ0) is 12.3. The largest absolute Gasteiger partial charge is 0.313 e. The van der Waals surface area contributed by atoms with Gasteiger partial charge in [0.25, 0.3) is 0 Å². The molecule has 1 aliphatic rings. The monoisotopic (exact) mass is 231 g/mol. The third-order valence-corrected chi connectivity index (χ3v) is 4.36. The maximum Gasteiger partial charge on any atom is 0.0372 e. The number of hydrogen-bond acceptors (Lipinski definition) is 1. The number of aryl methyl sites for hydroxylation is 1. The minimum Gasteiger partial charge on any atom is -0.313 e. The average Bonchev–Trinajstić information content (AvgIpc) is 2.30. The van der Waals surface area contributed by atoms with Crippen molar-refractivity contribution in [1.29, 1.82) is 0 Å². The third kappa shape index (κ3) is 2.71. The Morgan fingerprint density at radius 1 is 1.18 bits per heavy atom. The molecular weight excluding hydrogens is 206 g/mol. The minimum atomic E-state index is 0.431. The summed E-state index contributed by atoms with van der Waals surface area (Å²) < 4.78 is 0. The van der Waals surface area contributed by atoms with Crippen LogP contribution in [0.25, 0.3) is 0 Å². The molecule has 1 heteroatoms. The normalized spacial score (nSPS) is 21.1. The lowest BCUT2D eigenvalue weighted by molar-refractivity contribution is 0.150. The van der Waals surface area contributed by atoms with Gasteiger partial charge < -0.3 is 5.32 Å². The zero-order valence-corrected chi connectivity index (χ0v) is 11.4. The van der Waals surface area contributed by atoms with E-state index in [1.165, 1.54) is 43.2 Å². The highest BCUT2D eigenvalue weighted by molar-refractivity contribution is 5.26. The molecule has 0 heterocycles. The SMILES string of the molecule is CNC(c1cccc(C)c1)C1(C)CCCCC1. The van der Waals surface area contributed by atoms with Crippen molar-refractivity contribution in [2.45, 2.75) is 52.0 Å². The van der Waals surface area contributed by atoms with E-state index in [2.05, 4.69) is 50.5 Å². The Bertz CT molecular complexity index is 364. The first-order chi connectivity index (χ1) is 8.15. The Balaban J connectivity index is 2.26. The van der Waals surface area contributed by atoms with Gasteiger partial charge >= 0.3 is 0 Å². The Hall–Kier alpha value is -0.820. The molecule has 0 radical (unpaired) electrons. The second kappa shape index (κ2) is 5.22. The Morgan fingerprint density at radius 3 is 2.47 bits per heavy atom. The van der Waals surface area contributed by atoms with Crippen molar-refractivity contribution < 1.29 is 0 Å². The second-order valence-electron chi connectivity index (χ2n) is 5.85. The summed E-state index contributed by atoms with van der Waals surface area (Å²) in [5, 5.41) is 3.56. The van der Waals surface area contributed by atoms with E-state index in [-0.39, 0.29) is 0 Å². The average molecular weight is 231 g/mol. The lowest BCUT2D eigenvalue weighted by Crippen LogP contribution is -2.36. The first-order valence-corrected chi connectivity index (χ1v) is 6.89. The highest BCUT2D eigenvalue weighted by Gasteiger charge is 2.35. The van der Waals surface area contributed by atoms with Crippen molar-refractivity contribution in [2.75, 3.05) is 7.05 Å². The molecule has 1 unspecified atom stereocenters. The second-order valence-corrected chi connectivity index (χ2v) is 5.85. The summed E-state index contributed by atoms with van der Waals surface area (Å²) in [6, 6.07) is 9.47. The van der Waals surface area contributed by atoms with E-state index in [1.54, 1.807) is 0 Å². The van der Waals surface area contributed by atoms with Crippen LogP contribution in [-0.4, -0.2) is 7.05 Å². The number of benzene rings is 1. The molecule has 1 aromatic rings. The molecule has 0 aliphatic heterocycles. The fraction of sp³-hybridized carbons (Fsp3) is 0.625. The minimum absolute atomic E-state index is 0.431. The summed E-state index contributed by atoms with van der Waals surface area (Å²) in [5.74, 6) is 0. The van der Waals surface area contributed by atoms with Crippen molar-refractivity contribution in [3.8, 4) is 0 Å². The van der Waals surface area contributed by atoms with E-state index in [4.69, 9.17) is 0 Å². The summed E-state index contributed by atoms with van der Waals surface area (Å²) in [4.78, 5) is 0. The smallest absolute Gasteiger partial charge is 0.0372 e. The summed E-state index contributed by atoms with van der Waals surface area (Å²) in [5.41, 5.74) is 3.25. The molecule has 1 nitrogen and oxygen atoms in total. The third-order valence-electron chi connectivity index (χ3n) is 4.36. The molecule has 0 spiro atoms. The van der Waals surface area contributed by atoms with Gasteiger partial charge in [-0.25, -0.2) is 0 Å². The fourth-order valence-corrected chi connectivity index (χ4v) is 3.42. The lowest BCUT2D eigenvalue weighted by atomic mass is 9.68. The van der Waals surface area contributed by atoms with E-state index in [1.807, 2.05) is 0 Å². The van der Waals surface area contributed by atoms with Gasteiger partial charge in [-0.2, -0.15) is 0 Å². The molecular formula is C16H25N. The van der Waals surface area contributed by atoms with Gasteiger partial charge in [0.1, 0.15) is 0 Å². The van der Waals surface area contributed by atoms with Crippen LogP contribution in [0.2, 0.25) is 0 Å². The van der Waals surface area contributed by atoms with Gasteiger partial charge in [0, 0.05) is 6.04 Å². The van der Waals surface area contributed by atoms with Crippen LogP contribution in [0.15, 0.2) is 24.3 Å². The van der Waals surface area contributed by atoms with Crippen LogP contribution >= 0.6 is 0 Å². The highest BCUT2D eigenvalue weighted by Crippen LogP contribution is 2.45. The maximum absolute atomic E-state index is 3.56. The molecule has 0 amide bonds. The van der Waals surface area contributed by atoms with Crippen molar-refractivity contribution in [3.05, 3.63) is 35.4 Å². The fourth-order valence-electron chi connectivity index (χ4n) is 3.42. The van der Waals surface area contributed by atoms with E-state index >= 15 is 0 Å². The van der Waals surface area contributed by atoms with Crippen molar-refractivity contribution in [1.82, 2.24) is 5.32 Å². The van der Waals surface area contributed by atoms with Crippen molar-refractivity contribution >= 4 is 0 Å². The van der Waals surface area contributed by atoms with Crippen LogP contribution < -0.4 is 5.32 Å². The summed E-state index contributed by atoms with van der Waals surface area (Å²) in [6.07, 6.45) is 6.90. The van der Waals surface area contributed by atoms with Gasteiger partial charge in [-0.1, -0.05) is 56.0 Å². The first-order valence-electron chi connectivity index (χ1n) is 6.89. The van der Waals surface area contributed by atoms with E-state index in [9.17, 15) is 0 Å². The molecule has 1 atom stereocenters. The topological polar surface area (TPSA) is 12.0 Å². The van der Waals surface area contributed by atoms with Crippen LogP contribution in [0.5, 0.6) is 0 Å². The molecule has 17 heavy (non-hydrogen) atoms. The van der Waals surface area contributed by atoms with E-state index in [0.717, 1.165) is 0 Å². The standard InChI is InChI=1S/C16H25N/c1-13-8-7-9-14(12-13)15(17-3)16(2)10-5-4-6-11-16/h7-9,12,15,17H,4-6,10-11H2,1-3H3. The predicted molar refractivity (Wildman–Crippen MR) is 74.2 cm³/mol. The van der Waals surface area contributed by atoms with Gasteiger partial charge in [-0.05, 0) is 37.8 Å². The summed E-state index contributed by atoms with van der Waals surface area (Å²) in [7, 11) is 2.10. The van der Waals surface area contributed by atoms with Gasteiger partial charge in [-0.15, -0.1) is 0 Å². The quantitative estimate of drug-likeness (QED) is 0.821. The molecule has 1 fully saturated rings. The number of hydrogen-bond donors (Lipinski definition) is 1. The number of rotatable bonds is 3. The zero-order valence-electron chi connectivity index (χ0n) is 11.4. The van der Waals surface area contributed by atoms with E-state index in [0.29, 0.717) is 11.5 Å². The van der Waals surface area contributed by atoms with Crippen LogP contribution in [-0.2, 0) is 0 Å². The van der Waals surface area contributed by atoms with Crippen LogP contribution in [0.3, 0.4) is 0 Å². The van der Waals surface area contributed by atoms with Crippen LogP contribution in [0, 0.1) is 12.3 Å². The van der Waals surface area contributed by atoms with Crippen molar-refractivity contribution in [2.24, 2.45) is 5.41 Å². The molecule has 2 rings (SSSR count). The van der Waals surface area contributed by atoms with Gasteiger partial charge in [0.05, 0.1) is 0 Å². The molecule has 0 saturated heterocycles. The molecule has 0 aromatic heterocycles. The summed E-state index contributed by atoms with van der Waals surface area (Å²) >= 11 is 0. The molecule has 1 aromatic carbocycles. The highest BCUT2D eigenvalue weighted by atomic mass is 14.9. The number of nitrogens with one attached hydrogen (secondary N) is 1. The van der Waals surface area contributed by atoms with Gasteiger partial charge in [0.15, 0.2) is 0 Å². The van der Waals surface area contributed by atoms with Crippen molar-refractivity contribution in [3.63, 3.8) is 0 Å². The summed E-state index contributed by atoms with van der Waals surface area (Å²) in [6.45, 7) is 4.63. The molecule has 1 aliphatic carbocycles. The molecule has 94 valence electrons. The lowest BCUT2D eigenvalue weighted by Gasteiger charge is -2.41. The molecule has 1 N–H and O–H groups in total. The van der Waals surface area contributed by atoms with Crippen LogP contribution in [0.1, 0.15) is 56.2 Å². The predicted octanol–water partition coefficient (Wildman–Crippen LogP) is 4.23. The molecule has 1 saturated carbocycles. The maximum atomic E-state index is 3.56. The van der Waals surface area contributed by atoms with E-state index < -0.39 is 0 Å². The van der Waals surface area contributed by atoms with Gasteiger partial charge in [0.2, 0.25) is 0 Å². The van der Waals surface area contributed by atoms with Gasteiger partial charge in [-0.3, -0.25) is 0 Å². The Kier molecular flexibility index (Phi) is 3.88. The first kappa shape index (κ1) is 12.6. The Morgan fingerprint density at radius 2 is 1.88 bits per heavy atom.